The minimum atomic E-state index is 1.14. The van der Waals surface area contributed by atoms with Crippen LogP contribution in [0.2, 0.25) is 0 Å². The largest absolute Gasteiger partial charge is 0.143 e. The van der Waals surface area contributed by atoms with Crippen LogP contribution in [0.1, 0.15) is 0 Å². The van der Waals surface area contributed by atoms with Gasteiger partial charge in [0.15, 0.2) is 0 Å². The predicted molar refractivity (Wildman–Crippen MR) is 65.2 cm³/mol. The van der Waals surface area contributed by atoms with E-state index in [0.717, 1.165) is 8.95 Å². The standard InChI is InChI=1S/C10H6Br2S/c11-8-4-2-1-3-7(8)10-9(12)5-6-13-10/h1-6H. The molecule has 0 fully saturated rings. The number of halogens is 2. The molecule has 0 unspecified atom stereocenters. The van der Waals surface area contributed by atoms with Crippen molar-refractivity contribution < 1.29 is 0 Å². The second kappa shape index (κ2) is 3.95. The molecule has 0 nitrogen and oxygen atoms in total. The zero-order valence-corrected chi connectivity index (χ0v) is 10.6. The van der Waals surface area contributed by atoms with E-state index in [1.54, 1.807) is 11.3 Å². The average Bonchev–Trinajstić information content (AvgIpc) is 2.52. The van der Waals surface area contributed by atoms with Crippen molar-refractivity contribution in [3.63, 3.8) is 0 Å². The van der Waals surface area contributed by atoms with Crippen molar-refractivity contribution in [1.29, 1.82) is 0 Å². The van der Waals surface area contributed by atoms with E-state index in [-0.39, 0.29) is 0 Å². The molecule has 13 heavy (non-hydrogen) atoms. The quantitative estimate of drug-likeness (QED) is 0.699. The van der Waals surface area contributed by atoms with Crippen molar-refractivity contribution in [3.8, 4) is 10.4 Å². The van der Waals surface area contributed by atoms with Gasteiger partial charge in [-0.25, -0.2) is 0 Å². The zero-order valence-electron chi connectivity index (χ0n) is 6.63. The number of hydrogen-bond acceptors (Lipinski definition) is 1. The molecule has 0 aliphatic carbocycles. The Balaban J connectivity index is 2.59. The van der Waals surface area contributed by atoms with Crippen molar-refractivity contribution in [2.24, 2.45) is 0 Å². The smallest absolute Gasteiger partial charge is 0.0496 e. The first kappa shape index (κ1) is 9.44. The van der Waals surface area contributed by atoms with Crippen LogP contribution < -0.4 is 0 Å². The Morgan fingerprint density at radius 3 is 2.31 bits per heavy atom. The van der Waals surface area contributed by atoms with Gasteiger partial charge >= 0.3 is 0 Å². The van der Waals surface area contributed by atoms with E-state index in [2.05, 4.69) is 55.4 Å². The van der Waals surface area contributed by atoms with Gasteiger partial charge in [0.05, 0.1) is 0 Å². The van der Waals surface area contributed by atoms with Gasteiger partial charge in [-0.3, -0.25) is 0 Å². The molecule has 66 valence electrons. The van der Waals surface area contributed by atoms with Crippen LogP contribution in [0, 0.1) is 0 Å². The lowest BCUT2D eigenvalue weighted by molar-refractivity contribution is 1.63. The first-order valence-electron chi connectivity index (χ1n) is 3.77. The van der Waals surface area contributed by atoms with Crippen molar-refractivity contribution in [3.05, 3.63) is 44.7 Å². The Kier molecular flexibility index (Phi) is 2.86. The molecular weight excluding hydrogens is 312 g/mol. The summed E-state index contributed by atoms with van der Waals surface area (Å²) in [6.45, 7) is 0. The van der Waals surface area contributed by atoms with Gasteiger partial charge in [0.25, 0.3) is 0 Å². The van der Waals surface area contributed by atoms with Gasteiger partial charge in [-0.2, -0.15) is 0 Å². The van der Waals surface area contributed by atoms with Crippen LogP contribution in [0.5, 0.6) is 0 Å². The highest BCUT2D eigenvalue weighted by atomic mass is 79.9. The SMILES string of the molecule is Brc1ccccc1-c1sccc1Br. The highest BCUT2D eigenvalue weighted by Gasteiger charge is 2.06. The highest BCUT2D eigenvalue weighted by Crippen LogP contribution is 2.37. The Labute approximate surface area is 97.9 Å². The van der Waals surface area contributed by atoms with Crippen molar-refractivity contribution in [2.75, 3.05) is 0 Å². The highest BCUT2D eigenvalue weighted by molar-refractivity contribution is 9.11. The number of thiophene rings is 1. The van der Waals surface area contributed by atoms with Gasteiger partial charge in [0.2, 0.25) is 0 Å². The fourth-order valence-corrected chi connectivity index (χ4v) is 3.37. The van der Waals surface area contributed by atoms with Gasteiger partial charge in [-0.05, 0) is 33.4 Å². The van der Waals surface area contributed by atoms with Gasteiger partial charge in [-0.15, -0.1) is 11.3 Å². The summed E-state index contributed by atoms with van der Waals surface area (Å²) in [5.74, 6) is 0. The van der Waals surface area contributed by atoms with E-state index in [9.17, 15) is 0 Å². The maximum atomic E-state index is 3.54. The third-order valence-electron chi connectivity index (χ3n) is 1.74. The van der Waals surface area contributed by atoms with Gasteiger partial charge in [0.1, 0.15) is 0 Å². The fraction of sp³-hybridized carbons (Fsp3) is 0. The van der Waals surface area contributed by atoms with Crippen LogP contribution in [0.25, 0.3) is 10.4 Å². The Morgan fingerprint density at radius 1 is 0.923 bits per heavy atom. The van der Waals surface area contributed by atoms with E-state index in [1.807, 2.05) is 12.1 Å². The van der Waals surface area contributed by atoms with E-state index < -0.39 is 0 Å². The molecule has 0 bridgehead atoms. The maximum absolute atomic E-state index is 3.54. The first-order valence-corrected chi connectivity index (χ1v) is 6.23. The second-order valence-corrected chi connectivity index (χ2v) is 5.20. The predicted octanol–water partition coefficient (Wildman–Crippen LogP) is 4.94. The normalized spacial score (nSPS) is 10.3. The molecule has 1 heterocycles. The lowest BCUT2D eigenvalue weighted by Crippen LogP contribution is -1.74. The van der Waals surface area contributed by atoms with Crippen molar-refractivity contribution >= 4 is 43.2 Å². The van der Waals surface area contributed by atoms with Crippen LogP contribution in [-0.4, -0.2) is 0 Å². The summed E-state index contributed by atoms with van der Waals surface area (Å²) >= 11 is 8.80. The van der Waals surface area contributed by atoms with Crippen molar-refractivity contribution in [2.45, 2.75) is 0 Å². The molecule has 0 atom stereocenters. The van der Waals surface area contributed by atoms with Crippen LogP contribution in [0.4, 0.5) is 0 Å². The summed E-state index contributed by atoms with van der Waals surface area (Å²) in [6.07, 6.45) is 0. The minimum absolute atomic E-state index is 1.14. The molecule has 0 amide bonds. The third kappa shape index (κ3) is 1.87. The number of hydrogen-bond donors (Lipinski definition) is 0. The monoisotopic (exact) mass is 316 g/mol. The summed E-state index contributed by atoms with van der Waals surface area (Å²) < 4.78 is 2.29. The number of rotatable bonds is 1. The Morgan fingerprint density at radius 2 is 1.69 bits per heavy atom. The Hall–Kier alpha value is -0.120. The summed E-state index contributed by atoms with van der Waals surface area (Å²) in [4.78, 5) is 1.27. The summed E-state index contributed by atoms with van der Waals surface area (Å²) in [5.41, 5.74) is 1.24. The fourth-order valence-electron chi connectivity index (χ4n) is 1.13. The van der Waals surface area contributed by atoms with Gasteiger partial charge in [-0.1, -0.05) is 34.1 Å². The van der Waals surface area contributed by atoms with Gasteiger partial charge in [0, 0.05) is 19.4 Å². The van der Waals surface area contributed by atoms with Crippen LogP contribution in [0.3, 0.4) is 0 Å². The first-order chi connectivity index (χ1) is 6.29. The van der Waals surface area contributed by atoms with E-state index in [4.69, 9.17) is 0 Å². The van der Waals surface area contributed by atoms with Crippen molar-refractivity contribution in [1.82, 2.24) is 0 Å². The molecule has 2 aromatic rings. The van der Waals surface area contributed by atoms with Gasteiger partial charge < -0.3 is 0 Å². The summed E-state index contributed by atoms with van der Waals surface area (Å²) in [5, 5.41) is 2.08. The molecule has 0 N–H and O–H groups in total. The lowest BCUT2D eigenvalue weighted by Gasteiger charge is -2.01. The zero-order chi connectivity index (χ0) is 9.26. The van der Waals surface area contributed by atoms with E-state index >= 15 is 0 Å². The third-order valence-corrected chi connectivity index (χ3v) is 4.30. The summed E-state index contributed by atoms with van der Waals surface area (Å²) in [6, 6.07) is 10.3. The lowest BCUT2D eigenvalue weighted by atomic mass is 10.2. The summed E-state index contributed by atoms with van der Waals surface area (Å²) in [7, 11) is 0. The molecule has 0 spiro atoms. The van der Waals surface area contributed by atoms with Crippen LogP contribution in [0.15, 0.2) is 44.7 Å². The van der Waals surface area contributed by atoms with E-state index in [0.29, 0.717) is 0 Å². The molecular formula is C10H6Br2S. The molecule has 0 saturated heterocycles. The molecule has 1 aromatic carbocycles. The molecule has 2 rings (SSSR count). The molecule has 0 saturated carbocycles. The molecule has 0 radical (unpaired) electrons. The molecule has 3 heteroatoms. The van der Waals surface area contributed by atoms with Crippen LogP contribution >= 0.6 is 43.2 Å². The minimum Gasteiger partial charge on any atom is -0.143 e. The molecule has 0 aliphatic heterocycles. The Bertz CT molecular complexity index is 420. The second-order valence-electron chi connectivity index (χ2n) is 2.58. The topological polar surface area (TPSA) is 0 Å². The van der Waals surface area contributed by atoms with Crippen LogP contribution in [-0.2, 0) is 0 Å². The average molecular weight is 318 g/mol. The number of benzene rings is 1. The maximum Gasteiger partial charge on any atom is 0.0496 e. The molecule has 0 aliphatic rings. The molecule has 1 aromatic heterocycles. The van der Waals surface area contributed by atoms with E-state index in [1.165, 1.54) is 10.4 Å².